The summed E-state index contributed by atoms with van der Waals surface area (Å²) in [4.78, 5) is 13.8. The summed E-state index contributed by atoms with van der Waals surface area (Å²) in [5.74, 6) is -0.0801. The maximum atomic E-state index is 12.1. The highest BCUT2D eigenvalue weighted by Crippen LogP contribution is 2.14. The largest absolute Gasteiger partial charge is 0.390 e. The average molecular weight is 316 g/mol. The summed E-state index contributed by atoms with van der Waals surface area (Å²) in [6.07, 6.45) is 1.28. The quantitative estimate of drug-likeness (QED) is 0.752. The van der Waals surface area contributed by atoms with Crippen molar-refractivity contribution in [1.82, 2.24) is 19.0 Å². The van der Waals surface area contributed by atoms with Crippen LogP contribution in [0.4, 0.5) is 0 Å². The van der Waals surface area contributed by atoms with Crippen molar-refractivity contribution in [3.63, 3.8) is 0 Å². The van der Waals surface area contributed by atoms with Crippen LogP contribution in [0.25, 0.3) is 0 Å². The summed E-state index contributed by atoms with van der Waals surface area (Å²) in [5.41, 5.74) is 1.48. The summed E-state index contributed by atoms with van der Waals surface area (Å²) in [5, 5.41) is 13.3. The highest BCUT2D eigenvalue weighted by Gasteiger charge is 2.23. The molecule has 1 aromatic heterocycles. The van der Waals surface area contributed by atoms with Gasteiger partial charge in [0.25, 0.3) is 0 Å². The Morgan fingerprint density at radius 2 is 2.19 bits per heavy atom. The van der Waals surface area contributed by atoms with Crippen molar-refractivity contribution in [3.8, 4) is 0 Å². The molecule has 1 aliphatic rings. The van der Waals surface area contributed by atoms with Gasteiger partial charge in [-0.05, 0) is 6.07 Å². The Morgan fingerprint density at radius 1 is 1.48 bits per heavy atom. The second-order valence-electron chi connectivity index (χ2n) is 5.16. The van der Waals surface area contributed by atoms with Crippen molar-refractivity contribution < 1.29 is 18.3 Å². The van der Waals surface area contributed by atoms with Crippen molar-refractivity contribution in [2.24, 2.45) is 0 Å². The van der Waals surface area contributed by atoms with Crippen LogP contribution in [-0.4, -0.2) is 64.8 Å². The molecular weight excluding hydrogens is 296 g/mol. The number of hydrogen-bond donors (Lipinski definition) is 1. The minimum atomic E-state index is -3.26. The van der Waals surface area contributed by atoms with Crippen molar-refractivity contribution in [2.75, 3.05) is 26.4 Å². The molecule has 0 fully saturated rings. The molecule has 9 heteroatoms. The van der Waals surface area contributed by atoms with Crippen LogP contribution in [-0.2, 0) is 34.5 Å². The standard InChI is InChI=1S/C12H20N4O4S/c1-14(21(2,19)20)4-3-12(18)15-5-6-16-11(8-15)7-10(9-17)13-16/h7,17H,3-6,8-9H2,1-2H3. The van der Waals surface area contributed by atoms with Gasteiger partial charge < -0.3 is 10.0 Å². The molecule has 1 amide bonds. The zero-order chi connectivity index (χ0) is 15.6. The van der Waals surface area contributed by atoms with Gasteiger partial charge in [-0.15, -0.1) is 0 Å². The first kappa shape index (κ1) is 15.9. The summed E-state index contributed by atoms with van der Waals surface area (Å²) in [6, 6.07) is 1.78. The van der Waals surface area contributed by atoms with E-state index in [-0.39, 0.29) is 25.5 Å². The molecule has 0 atom stereocenters. The van der Waals surface area contributed by atoms with Gasteiger partial charge in [0.1, 0.15) is 0 Å². The van der Waals surface area contributed by atoms with Crippen LogP contribution in [0.2, 0.25) is 0 Å². The van der Waals surface area contributed by atoms with Crippen LogP contribution >= 0.6 is 0 Å². The zero-order valence-electron chi connectivity index (χ0n) is 12.2. The van der Waals surface area contributed by atoms with Crippen molar-refractivity contribution in [3.05, 3.63) is 17.5 Å². The molecule has 0 unspecified atom stereocenters. The lowest BCUT2D eigenvalue weighted by atomic mass is 10.2. The van der Waals surface area contributed by atoms with Crippen LogP contribution in [0, 0.1) is 0 Å². The van der Waals surface area contributed by atoms with Gasteiger partial charge in [0, 0.05) is 26.6 Å². The van der Waals surface area contributed by atoms with Crippen molar-refractivity contribution >= 4 is 15.9 Å². The fourth-order valence-electron chi connectivity index (χ4n) is 2.19. The predicted molar refractivity (Wildman–Crippen MR) is 75.7 cm³/mol. The Kier molecular flexibility index (Phi) is 4.64. The Balaban J connectivity index is 1.93. The number of amides is 1. The molecule has 1 N–H and O–H groups in total. The third kappa shape index (κ3) is 3.80. The van der Waals surface area contributed by atoms with E-state index in [1.54, 1.807) is 15.6 Å². The van der Waals surface area contributed by atoms with Gasteiger partial charge in [-0.25, -0.2) is 12.7 Å². The lowest BCUT2D eigenvalue weighted by Crippen LogP contribution is -2.40. The molecule has 0 aromatic carbocycles. The number of sulfonamides is 1. The molecule has 8 nitrogen and oxygen atoms in total. The van der Waals surface area contributed by atoms with E-state index >= 15 is 0 Å². The number of aromatic nitrogens is 2. The molecule has 2 heterocycles. The number of aliphatic hydroxyl groups is 1. The summed E-state index contributed by atoms with van der Waals surface area (Å²) >= 11 is 0. The molecule has 0 aliphatic carbocycles. The van der Waals surface area contributed by atoms with Crippen LogP contribution in [0.1, 0.15) is 17.8 Å². The highest BCUT2D eigenvalue weighted by atomic mass is 32.2. The molecule has 118 valence electrons. The summed E-state index contributed by atoms with van der Waals surface area (Å²) in [7, 11) is -1.80. The number of hydrogen-bond acceptors (Lipinski definition) is 5. The highest BCUT2D eigenvalue weighted by molar-refractivity contribution is 7.88. The second kappa shape index (κ2) is 6.12. The normalized spacial score (nSPS) is 15.3. The number of fused-ring (bicyclic) bond motifs is 1. The average Bonchev–Trinajstić information content (AvgIpc) is 2.85. The maximum Gasteiger partial charge on any atom is 0.224 e. The molecular formula is C12H20N4O4S. The van der Waals surface area contributed by atoms with E-state index < -0.39 is 10.0 Å². The summed E-state index contributed by atoms with van der Waals surface area (Å²) in [6.45, 7) is 1.63. The van der Waals surface area contributed by atoms with Gasteiger partial charge in [-0.3, -0.25) is 9.48 Å². The minimum Gasteiger partial charge on any atom is -0.390 e. The van der Waals surface area contributed by atoms with E-state index in [1.165, 1.54) is 11.4 Å². The molecule has 1 aliphatic heterocycles. The monoisotopic (exact) mass is 316 g/mol. The van der Waals surface area contributed by atoms with Crippen LogP contribution < -0.4 is 0 Å². The third-order valence-electron chi connectivity index (χ3n) is 3.57. The molecule has 0 saturated carbocycles. The number of aliphatic hydroxyl groups excluding tert-OH is 1. The van der Waals surface area contributed by atoms with Crippen LogP contribution in [0.15, 0.2) is 6.07 Å². The molecule has 0 bridgehead atoms. The van der Waals surface area contributed by atoms with E-state index in [9.17, 15) is 13.2 Å². The summed E-state index contributed by atoms with van der Waals surface area (Å²) < 4.78 is 25.5. The molecule has 0 saturated heterocycles. The lowest BCUT2D eigenvalue weighted by molar-refractivity contribution is -0.132. The Morgan fingerprint density at radius 3 is 2.81 bits per heavy atom. The van der Waals surface area contributed by atoms with Gasteiger partial charge in [0.2, 0.25) is 15.9 Å². The van der Waals surface area contributed by atoms with E-state index in [0.717, 1.165) is 11.9 Å². The maximum absolute atomic E-state index is 12.1. The SMILES string of the molecule is CN(CCC(=O)N1CCn2nc(CO)cc2C1)S(C)(=O)=O. The fourth-order valence-corrected chi connectivity index (χ4v) is 2.62. The molecule has 0 radical (unpaired) electrons. The van der Waals surface area contributed by atoms with Gasteiger partial charge in [-0.1, -0.05) is 0 Å². The van der Waals surface area contributed by atoms with E-state index in [4.69, 9.17) is 5.11 Å². The number of rotatable bonds is 5. The topological polar surface area (TPSA) is 95.7 Å². The molecule has 2 rings (SSSR count). The molecule has 21 heavy (non-hydrogen) atoms. The van der Waals surface area contributed by atoms with E-state index in [2.05, 4.69) is 5.10 Å². The smallest absolute Gasteiger partial charge is 0.224 e. The number of nitrogens with zero attached hydrogens (tertiary/aromatic N) is 4. The number of carbonyl (C=O) groups is 1. The minimum absolute atomic E-state index is 0.0801. The fraction of sp³-hybridized carbons (Fsp3) is 0.667. The van der Waals surface area contributed by atoms with E-state index in [0.29, 0.717) is 25.3 Å². The lowest BCUT2D eigenvalue weighted by Gasteiger charge is -2.28. The first-order valence-electron chi connectivity index (χ1n) is 6.67. The van der Waals surface area contributed by atoms with Gasteiger partial charge in [0.05, 0.1) is 37.3 Å². The number of carbonyl (C=O) groups excluding carboxylic acids is 1. The van der Waals surface area contributed by atoms with Crippen LogP contribution in [0.5, 0.6) is 0 Å². The third-order valence-corrected chi connectivity index (χ3v) is 4.88. The predicted octanol–water partition coefficient (Wildman–Crippen LogP) is -1.00. The van der Waals surface area contributed by atoms with Gasteiger partial charge in [-0.2, -0.15) is 5.10 Å². The Labute approximate surface area is 124 Å². The first-order chi connectivity index (χ1) is 9.81. The molecule has 1 aromatic rings. The van der Waals surface area contributed by atoms with E-state index in [1.807, 2.05) is 0 Å². The Hall–Kier alpha value is -1.45. The Bertz CT molecular complexity index is 625. The van der Waals surface area contributed by atoms with Crippen LogP contribution in [0.3, 0.4) is 0 Å². The van der Waals surface area contributed by atoms with Crippen molar-refractivity contribution in [1.29, 1.82) is 0 Å². The van der Waals surface area contributed by atoms with Gasteiger partial charge in [0.15, 0.2) is 0 Å². The zero-order valence-corrected chi connectivity index (χ0v) is 13.0. The van der Waals surface area contributed by atoms with Gasteiger partial charge >= 0.3 is 0 Å². The second-order valence-corrected chi connectivity index (χ2v) is 7.25. The van der Waals surface area contributed by atoms with Crippen molar-refractivity contribution in [2.45, 2.75) is 26.1 Å². The molecule has 0 spiro atoms. The first-order valence-corrected chi connectivity index (χ1v) is 8.51.